The topological polar surface area (TPSA) is 91.3 Å². The molecule has 2 heterocycles. The second kappa shape index (κ2) is 16.4. The Morgan fingerprint density at radius 1 is 0.792 bits per heavy atom. The number of nitrogens with zero attached hydrogens (tertiary/aromatic N) is 2. The third kappa shape index (κ3) is 7.88. The minimum Gasteiger partial charge on any atom is -0.497 e. The molecule has 53 heavy (non-hydrogen) atoms. The number of urea groups is 1. The largest absolute Gasteiger partial charge is 0.497 e. The van der Waals surface area contributed by atoms with Crippen LogP contribution >= 0.6 is 15.9 Å². The van der Waals surface area contributed by atoms with Gasteiger partial charge in [0.25, 0.3) is 0 Å². The Labute approximate surface area is 319 Å². The highest BCUT2D eigenvalue weighted by Crippen LogP contribution is 2.47. The van der Waals surface area contributed by atoms with Gasteiger partial charge >= 0.3 is 12.0 Å². The van der Waals surface area contributed by atoms with E-state index in [-0.39, 0.29) is 36.4 Å². The number of rotatable bonds is 11. The Morgan fingerprint density at radius 2 is 1.36 bits per heavy atom. The lowest BCUT2D eigenvalue weighted by Crippen LogP contribution is -2.69. The summed E-state index contributed by atoms with van der Waals surface area (Å²) in [5.74, 6) is -0.266. The highest BCUT2D eigenvalue weighted by atomic mass is 79.9. The van der Waals surface area contributed by atoms with Crippen LogP contribution in [0.3, 0.4) is 0 Å². The van der Waals surface area contributed by atoms with Crippen LogP contribution in [-0.4, -0.2) is 72.3 Å². The molecule has 5 aromatic carbocycles. The molecule has 0 saturated carbocycles. The van der Waals surface area contributed by atoms with Crippen molar-refractivity contribution in [1.82, 2.24) is 9.80 Å². The molecule has 2 amide bonds. The van der Waals surface area contributed by atoms with Crippen molar-refractivity contribution in [2.75, 3.05) is 38.7 Å². The Balaban J connectivity index is 1.26. The first kappa shape index (κ1) is 36.4. The summed E-state index contributed by atoms with van der Waals surface area (Å²) in [6, 6.07) is 46.4. The van der Waals surface area contributed by atoms with Crippen LogP contribution in [0.15, 0.2) is 144 Å². The molecule has 0 aliphatic carbocycles. The normalized spacial score (nSPS) is 20.3. The zero-order valence-corrected chi connectivity index (χ0v) is 31.3. The van der Waals surface area contributed by atoms with Gasteiger partial charge in [0, 0.05) is 54.2 Å². The molecular weight excluding hydrogens is 730 g/mol. The maximum Gasteiger partial charge on any atom is 0.321 e. The SMILES string of the molecule is COc1ccc(NC(=O)N2CC[C@@H](CC(=O)O)CN3[C@H](COC(c4ccccc4)(c4ccccc4)c4ccccc4)[C@H](c4ccc(Br)cc4)[C@@H]3C2)cc1. The van der Waals surface area contributed by atoms with E-state index in [1.807, 2.05) is 83.8 Å². The Kier molecular flexibility index (Phi) is 11.2. The van der Waals surface area contributed by atoms with Gasteiger partial charge in [0.15, 0.2) is 0 Å². The molecule has 8 nitrogen and oxygen atoms in total. The predicted octanol–water partition coefficient (Wildman–Crippen LogP) is 8.63. The van der Waals surface area contributed by atoms with Crippen LogP contribution in [0.5, 0.6) is 5.75 Å². The first-order valence-corrected chi connectivity index (χ1v) is 18.9. The summed E-state index contributed by atoms with van der Waals surface area (Å²) in [6.45, 7) is 1.91. The summed E-state index contributed by atoms with van der Waals surface area (Å²) < 4.78 is 13.7. The first-order chi connectivity index (χ1) is 25.9. The van der Waals surface area contributed by atoms with Crippen molar-refractivity contribution in [2.45, 2.75) is 36.4 Å². The number of methoxy groups -OCH3 is 1. The van der Waals surface area contributed by atoms with Gasteiger partial charge in [-0.3, -0.25) is 9.69 Å². The number of carbonyl (C=O) groups is 2. The first-order valence-electron chi connectivity index (χ1n) is 18.1. The summed E-state index contributed by atoms with van der Waals surface area (Å²) in [6.07, 6.45) is 0.597. The van der Waals surface area contributed by atoms with Gasteiger partial charge in [-0.25, -0.2) is 4.79 Å². The average Bonchev–Trinajstić information content (AvgIpc) is 3.18. The van der Waals surface area contributed by atoms with Crippen LogP contribution in [0.1, 0.15) is 41.0 Å². The Hall–Kier alpha value is -4.96. The minimum atomic E-state index is -0.910. The number of ether oxygens (including phenoxy) is 2. The predicted molar refractivity (Wildman–Crippen MR) is 210 cm³/mol. The summed E-state index contributed by atoms with van der Waals surface area (Å²) in [5.41, 5.74) is 3.97. The summed E-state index contributed by atoms with van der Waals surface area (Å²) in [4.78, 5) is 30.3. The van der Waals surface area contributed by atoms with E-state index in [0.29, 0.717) is 44.1 Å². The number of carboxylic acids is 1. The zero-order chi connectivity index (χ0) is 36.8. The van der Waals surface area contributed by atoms with Gasteiger partial charge in [-0.1, -0.05) is 119 Å². The molecule has 2 N–H and O–H groups in total. The molecule has 2 aliphatic rings. The number of fused-ring (bicyclic) bond motifs is 1. The fraction of sp³-hybridized carbons (Fsp3) is 0.273. The van der Waals surface area contributed by atoms with Crippen molar-refractivity contribution in [3.63, 3.8) is 0 Å². The van der Waals surface area contributed by atoms with E-state index in [9.17, 15) is 14.7 Å². The van der Waals surface area contributed by atoms with Crippen molar-refractivity contribution >= 4 is 33.6 Å². The highest BCUT2D eigenvalue weighted by molar-refractivity contribution is 9.10. The second-order valence-corrected chi connectivity index (χ2v) is 14.8. The van der Waals surface area contributed by atoms with Gasteiger partial charge in [0.1, 0.15) is 11.4 Å². The smallest absolute Gasteiger partial charge is 0.321 e. The third-order valence-corrected chi connectivity index (χ3v) is 11.3. The standard InChI is InChI=1S/C44H44BrN3O5/c1-52-38-23-21-37(22-24-38)46-43(51)47-26-25-31(27-41(49)50)28-48-39(29-47)42(32-17-19-36(45)20-18-32)40(48)30-53-44(33-11-5-2-6-12-33,34-13-7-3-8-14-34)35-15-9-4-10-16-35/h2-24,31,39-40,42H,25-30H2,1H3,(H,46,51)(H,49,50)/t31-,39-,40+,42+/m0/s1. The molecule has 7 rings (SSSR count). The number of halogens is 1. The molecule has 2 saturated heterocycles. The van der Waals surface area contributed by atoms with Crippen molar-refractivity contribution in [1.29, 1.82) is 0 Å². The van der Waals surface area contributed by atoms with Crippen LogP contribution in [0, 0.1) is 5.92 Å². The molecule has 2 fully saturated rings. The van der Waals surface area contributed by atoms with Gasteiger partial charge in [-0.2, -0.15) is 0 Å². The van der Waals surface area contributed by atoms with E-state index in [1.54, 1.807) is 7.11 Å². The lowest BCUT2D eigenvalue weighted by Gasteiger charge is -2.59. The van der Waals surface area contributed by atoms with Gasteiger partial charge in [0.05, 0.1) is 13.7 Å². The highest BCUT2D eigenvalue weighted by Gasteiger charge is 2.52. The number of nitrogens with one attached hydrogen (secondary N) is 1. The van der Waals surface area contributed by atoms with Crippen LogP contribution in [0.2, 0.25) is 0 Å². The Bertz CT molecular complexity index is 1870. The van der Waals surface area contributed by atoms with Gasteiger partial charge < -0.3 is 24.8 Å². The number of hydrogen-bond acceptors (Lipinski definition) is 5. The fourth-order valence-electron chi connectivity index (χ4n) is 8.13. The summed E-state index contributed by atoms with van der Waals surface area (Å²) in [7, 11) is 1.61. The van der Waals surface area contributed by atoms with E-state index in [4.69, 9.17) is 9.47 Å². The van der Waals surface area contributed by atoms with E-state index in [2.05, 4.69) is 86.8 Å². The van der Waals surface area contributed by atoms with Crippen LogP contribution in [-0.2, 0) is 15.1 Å². The average molecular weight is 775 g/mol. The van der Waals surface area contributed by atoms with E-state index in [1.165, 1.54) is 0 Å². The van der Waals surface area contributed by atoms with Crippen molar-refractivity contribution in [2.24, 2.45) is 5.92 Å². The lowest BCUT2D eigenvalue weighted by atomic mass is 9.73. The summed E-state index contributed by atoms with van der Waals surface area (Å²) >= 11 is 3.62. The minimum absolute atomic E-state index is 0.0167. The zero-order valence-electron chi connectivity index (χ0n) is 29.7. The Morgan fingerprint density at radius 3 is 1.89 bits per heavy atom. The van der Waals surface area contributed by atoms with Gasteiger partial charge in [-0.05, 0) is 71.0 Å². The molecule has 2 aliphatic heterocycles. The molecule has 9 heteroatoms. The maximum atomic E-state index is 13.9. The number of benzene rings is 5. The molecule has 0 unspecified atom stereocenters. The van der Waals surface area contributed by atoms with E-state index < -0.39 is 11.6 Å². The van der Waals surface area contributed by atoms with Gasteiger partial charge in [0.2, 0.25) is 0 Å². The molecular formula is C44H44BrN3O5. The van der Waals surface area contributed by atoms with Crippen LogP contribution in [0.4, 0.5) is 10.5 Å². The van der Waals surface area contributed by atoms with Crippen molar-refractivity contribution < 1.29 is 24.2 Å². The van der Waals surface area contributed by atoms with Crippen LogP contribution < -0.4 is 10.1 Å². The molecule has 5 aromatic rings. The number of amides is 2. The number of carboxylic acid groups (broad SMARTS) is 1. The number of carbonyl (C=O) groups excluding carboxylic acids is 1. The quantitative estimate of drug-likeness (QED) is 0.131. The van der Waals surface area contributed by atoms with Crippen molar-refractivity contribution in [3.8, 4) is 5.75 Å². The van der Waals surface area contributed by atoms with E-state index in [0.717, 1.165) is 26.7 Å². The van der Waals surface area contributed by atoms with Crippen LogP contribution in [0.25, 0.3) is 0 Å². The fourth-order valence-corrected chi connectivity index (χ4v) is 8.39. The molecule has 0 bridgehead atoms. The number of aliphatic carboxylic acids is 1. The molecule has 272 valence electrons. The number of hydrogen-bond donors (Lipinski definition) is 2. The molecule has 4 atom stereocenters. The third-order valence-electron chi connectivity index (χ3n) is 10.7. The summed E-state index contributed by atoms with van der Waals surface area (Å²) in [5, 5.41) is 13.0. The van der Waals surface area contributed by atoms with Crippen molar-refractivity contribution in [3.05, 3.63) is 166 Å². The monoisotopic (exact) mass is 773 g/mol. The van der Waals surface area contributed by atoms with Gasteiger partial charge in [-0.15, -0.1) is 0 Å². The lowest BCUT2D eigenvalue weighted by molar-refractivity contribution is -0.140. The molecule has 0 aromatic heterocycles. The van der Waals surface area contributed by atoms with E-state index >= 15 is 0 Å². The molecule has 0 radical (unpaired) electrons. The maximum absolute atomic E-state index is 13.9. The molecule has 0 spiro atoms. The second-order valence-electron chi connectivity index (χ2n) is 13.9. The number of anilines is 1.